The predicted molar refractivity (Wildman–Crippen MR) is 149 cm³/mol. The highest BCUT2D eigenvalue weighted by atomic mass is 79.9. The van der Waals surface area contributed by atoms with Gasteiger partial charge in [0.25, 0.3) is 0 Å². The number of nitrogens with one attached hydrogen (secondary N) is 3. The number of H-pyrrole nitrogens is 1. The number of aromatic nitrogens is 8. The van der Waals surface area contributed by atoms with Crippen LogP contribution in [0.15, 0.2) is 41.4 Å². The Kier molecular flexibility index (Phi) is 6.64. The van der Waals surface area contributed by atoms with Gasteiger partial charge in [0.15, 0.2) is 5.82 Å². The first-order valence-electron chi connectivity index (χ1n) is 12.8. The van der Waals surface area contributed by atoms with Gasteiger partial charge < -0.3 is 20.7 Å². The van der Waals surface area contributed by atoms with Crippen molar-refractivity contribution in [2.24, 2.45) is 0 Å². The van der Waals surface area contributed by atoms with Gasteiger partial charge in [-0.25, -0.2) is 14.3 Å². The zero-order valence-electron chi connectivity index (χ0n) is 21.5. The molecular formula is C25H28BrN11O2. The van der Waals surface area contributed by atoms with Crippen molar-refractivity contribution in [2.75, 3.05) is 18.4 Å². The van der Waals surface area contributed by atoms with E-state index in [9.17, 15) is 4.79 Å². The smallest absolute Gasteiger partial charge is 0.404 e. The fourth-order valence-electron chi connectivity index (χ4n) is 5.03. The largest absolute Gasteiger partial charge is 0.465 e. The third-order valence-corrected chi connectivity index (χ3v) is 7.52. The number of halogens is 1. The van der Waals surface area contributed by atoms with Gasteiger partial charge in [0.05, 0.1) is 17.2 Å². The van der Waals surface area contributed by atoms with Crippen molar-refractivity contribution in [3.63, 3.8) is 0 Å². The minimum atomic E-state index is -0.968. The second kappa shape index (κ2) is 10.3. The van der Waals surface area contributed by atoms with Crippen LogP contribution >= 0.6 is 15.9 Å². The number of carbonyl (C=O) groups is 1. The van der Waals surface area contributed by atoms with E-state index in [1.165, 1.54) is 6.33 Å². The molecule has 4 aromatic heterocycles. The number of amides is 1. The average molecular weight is 594 g/mol. The summed E-state index contributed by atoms with van der Waals surface area (Å²) in [5, 5.41) is 33.6. The van der Waals surface area contributed by atoms with Crippen LogP contribution < -0.4 is 10.6 Å². The lowest BCUT2D eigenvalue weighted by Crippen LogP contribution is -2.43. The number of rotatable bonds is 7. The summed E-state index contributed by atoms with van der Waals surface area (Å²) in [6.07, 6.45) is 4.00. The van der Waals surface area contributed by atoms with Crippen molar-refractivity contribution >= 4 is 49.9 Å². The number of hydrogen-bond acceptors (Lipinski definition) is 8. The van der Waals surface area contributed by atoms with Gasteiger partial charge in [-0.2, -0.15) is 9.90 Å². The number of carboxylic acid groups (broad SMARTS) is 1. The maximum absolute atomic E-state index is 11.0. The monoisotopic (exact) mass is 593 g/mol. The Morgan fingerprint density at radius 1 is 1.26 bits per heavy atom. The quantitative estimate of drug-likeness (QED) is 0.217. The first-order valence-corrected chi connectivity index (χ1v) is 13.6. The molecule has 1 aliphatic rings. The van der Waals surface area contributed by atoms with Crippen LogP contribution in [-0.2, 0) is 6.54 Å². The Morgan fingerprint density at radius 2 is 2.08 bits per heavy atom. The Hall–Kier alpha value is -4.04. The topological polar surface area (TPSA) is 154 Å². The lowest BCUT2D eigenvalue weighted by molar-refractivity contribution is 0.165. The van der Waals surface area contributed by atoms with Crippen molar-refractivity contribution in [3.05, 3.63) is 47.0 Å². The molecule has 14 heteroatoms. The average Bonchev–Trinajstić information content (AvgIpc) is 3.65. The van der Waals surface area contributed by atoms with Gasteiger partial charge in [0.1, 0.15) is 16.4 Å². The molecule has 0 atom stereocenters. The minimum Gasteiger partial charge on any atom is -0.465 e. The van der Waals surface area contributed by atoms with Crippen molar-refractivity contribution in [2.45, 2.75) is 45.3 Å². The highest BCUT2D eigenvalue weighted by molar-refractivity contribution is 9.10. The molecule has 0 bridgehead atoms. The molecule has 0 unspecified atom stereocenters. The van der Waals surface area contributed by atoms with Crippen LogP contribution in [0, 0.1) is 0 Å². The summed E-state index contributed by atoms with van der Waals surface area (Å²) in [7, 11) is 0. The molecule has 0 spiro atoms. The maximum Gasteiger partial charge on any atom is 0.404 e. The van der Waals surface area contributed by atoms with E-state index in [2.05, 4.69) is 68.0 Å². The number of aromatic amines is 1. The van der Waals surface area contributed by atoms with Crippen molar-refractivity contribution in [1.29, 1.82) is 0 Å². The number of piperidine rings is 1. The van der Waals surface area contributed by atoms with Gasteiger partial charge >= 0.3 is 6.09 Å². The molecule has 202 valence electrons. The second-order valence-electron chi connectivity index (χ2n) is 9.98. The Balaban J connectivity index is 1.32. The minimum absolute atomic E-state index is 0.0102. The van der Waals surface area contributed by atoms with E-state index in [0.29, 0.717) is 18.2 Å². The van der Waals surface area contributed by atoms with Gasteiger partial charge in [-0.05, 0) is 77.7 Å². The van der Waals surface area contributed by atoms with E-state index >= 15 is 0 Å². The maximum atomic E-state index is 11.0. The number of nitrogens with zero attached hydrogens (tertiary/aromatic N) is 8. The van der Waals surface area contributed by atoms with Gasteiger partial charge in [-0.15, -0.1) is 10.2 Å². The molecular weight excluding hydrogens is 566 g/mol. The van der Waals surface area contributed by atoms with E-state index in [-0.39, 0.29) is 12.1 Å². The van der Waals surface area contributed by atoms with Crippen LogP contribution in [0.25, 0.3) is 27.8 Å². The predicted octanol–water partition coefficient (Wildman–Crippen LogP) is 4.18. The molecule has 1 aromatic carbocycles. The molecule has 1 aliphatic heterocycles. The summed E-state index contributed by atoms with van der Waals surface area (Å²) >= 11 is 3.65. The van der Waals surface area contributed by atoms with Crippen molar-refractivity contribution in [1.82, 2.24) is 50.0 Å². The van der Waals surface area contributed by atoms with E-state index < -0.39 is 6.09 Å². The highest BCUT2D eigenvalue weighted by Gasteiger charge is 2.23. The van der Waals surface area contributed by atoms with E-state index in [0.717, 1.165) is 63.8 Å². The Morgan fingerprint density at radius 3 is 2.82 bits per heavy atom. The van der Waals surface area contributed by atoms with Crippen LogP contribution in [-0.4, -0.2) is 75.0 Å². The summed E-state index contributed by atoms with van der Waals surface area (Å²) in [6, 6.07) is 8.21. The third-order valence-electron chi connectivity index (χ3n) is 6.96. The van der Waals surface area contributed by atoms with Crippen molar-refractivity contribution in [3.8, 4) is 11.4 Å². The fraction of sp³-hybridized carbons (Fsp3) is 0.360. The van der Waals surface area contributed by atoms with Gasteiger partial charge in [0.2, 0.25) is 5.82 Å². The second-order valence-corrected chi connectivity index (χ2v) is 10.8. The van der Waals surface area contributed by atoms with Gasteiger partial charge in [-0.3, -0.25) is 4.90 Å². The number of hydrogen-bond donors (Lipinski definition) is 4. The van der Waals surface area contributed by atoms with Crippen LogP contribution in [0.4, 0.5) is 16.3 Å². The summed E-state index contributed by atoms with van der Waals surface area (Å²) in [6.45, 7) is 6.31. The summed E-state index contributed by atoms with van der Waals surface area (Å²) in [5.74, 6) is 1.22. The molecule has 0 aliphatic carbocycles. The van der Waals surface area contributed by atoms with E-state index in [1.807, 2.05) is 42.8 Å². The first kappa shape index (κ1) is 25.2. The third kappa shape index (κ3) is 5.04. The van der Waals surface area contributed by atoms with Crippen LogP contribution in [0.3, 0.4) is 0 Å². The molecule has 0 saturated carbocycles. The Labute approximate surface area is 231 Å². The number of likely N-dealkylation sites (tertiary alicyclic amines) is 1. The zero-order chi connectivity index (χ0) is 27.1. The molecule has 13 nitrogen and oxygen atoms in total. The summed E-state index contributed by atoms with van der Waals surface area (Å²) in [4.78, 5) is 22.9. The zero-order valence-corrected chi connectivity index (χ0v) is 23.1. The Bertz CT molecular complexity index is 1650. The fourth-order valence-corrected chi connectivity index (χ4v) is 5.57. The highest BCUT2D eigenvalue weighted by Crippen LogP contribution is 2.34. The lowest BCUT2D eigenvalue weighted by Gasteiger charge is -2.31. The van der Waals surface area contributed by atoms with Crippen LogP contribution in [0.1, 0.15) is 38.3 Å². The van der Waals surface area contributed by atoms with E-state index in [4.69, 9.17) is 5.11 Å². The molecule has 1 fully saturated rings. The normalized spacial score (nSPS) is 15.0. The lowest BCUT2D eigenvalue weighted by atomic mass is 10.0. The molecule has 1 amide bonds. The SMILES string of the molecule is CC(C)n1nnc(-c2cc(Nc3ncnn4c(Br)cc(CN5CCC(NC(=O)O)CC5)c34)c3[nH]ccc3c2)n1. The summed E-state index contributed by atoms with van der Waals surface area (Å²) < 4.78 is 2.66. The molecule has 1 saturated heterocycles. The molecule has 4 N–H and O–H groups in total. The van der Waals surface area contributed by atoms with Crippen LogP contribution in [0.2, 0.25) is 0 Å². The van der Waals surface area contributed by atoms with Crippen LogP contribution in [0.5, 0.6) is 0 Å². The number of anilines is 2. The first-order chi connectivity index (χ1) is 18.9. The molecule has 5 aromatic rings. The molecule has 0 radical (unpaired) electrons. The molecule has 39 heavy (non-hydrogen) atoms. The van der Waals surface area contributed by atoms with Crippen molar-refractivity contribution < 1.29 is 9.90 Å². The number of fused-ring (bicyclic) bond motifs is 2. The molecule has 5 heterocycles. The standard InChI is InChI=1S/C25H28BrN11O2/c1-14(2)37-33-23(32-34-37)16-9-15-3-6-27-21(15)19(10-16)31-24-22-17(11-20(26)36(22)29-13-28-24)12-35-7-4-18(5-8-35)30-25(38)39/h3,6,9-11,13-14,18,27,30H,4-5,7-8,12H2,1-2H3,(H,38,39)(H,28,29,31). The molecule has 6 rings (SSSR count). The number of tetrazole rings is 1. The van der Waals surface area contributed by atoms with Gasteiger partial charge in [-0.1, -0.05) is 0 Å². The summed E-state index contributed by atoms with van der Waals surface area (Å²) in [5.41, 5.74) is 4.54. The van der Waals surface area contributed by atoms with Gasteiger partial charge in [0, 0.05) is 42.8 Å². The van der Waals surface area contributed by atoms with E-state index in [1.54, 1.807) is 4.80 Å². The number of benzene rings is 1.